The summed E-state index contributed by atoms with van der Waals surface area (Å²) in [5, 5.41) is 1.79. The summed E-state index contributed by atoms with van der Waals surface area (Å²) in [6.07, 6.45) is 2.64. The van der Waals surface area contributed by atoms with Gasteiger partial charge in [-0.05, 0) is 51.5 Å². The average Bonchev–Trinajstić information content (AvgIpc) is 2.48. The summed E-state index contributed by atoms with van der Waals surface area (Å²) in [4.78, 5) is 9.33. The highest BCUT2D eigenvalue weighted by atomic mass is 35.5. The lowest BCUT2D eigenvalue weighted by atomic mass is 9.98. The number of pyridine rings is 1. The molecule has 1 aliphatic heterocycles. The van der Waals surface area contributed by atoms with Crippen LogP contribution in [-0.4, -0.2) is 48.5 Å². The molecule has 3 rings (SSSR count). The van der Waals surface area contributed by atoms with Crippen LogP contribution in [0.15, 0.2) is 30.3 Å². The summed E-state index contributed by atoms with van der Waals surface area (Å²) in [6.45, 7) is 4.42. The van der Waals surface area contributed by atoms with Gasteiger partial charge in [0.25, 0.3) is 0 Å². The Morgan fingerprint density at radius 2 is 2.18 bits per heavy atom. The molecule has 1 atom stereocenters. The molecule has 1 aliphatic rings. The Labute approximate surface area is 137 Å². The van der Waals surface area contributed by atoms with Crippen molar-refractivity contribution in [3.05, 3.63) is 41.0 Å². The fourth-order valence-electron chi connectivity index (χ4n) is 3.47. The van der Waals surface area contributed by atoms with Crippen LogP contribution < -0.4 is 0 Å². The fourth-order valence-corrected chi connectivity index (χ4v) is 3.67. The van der Waals surface area contributed by atoms with Gasteiger partial charge in [0, 0.05) is 30.6 Å². The third-order valence-electron chi connectivity index (χ3n) is 4.48. The maximum atomic E-state index is 6.37. The van der Waals surface area contributed by atoms with Crippen molar-refractivity contribution in [3.63, 3.8) is 0 Å². The molecule has 0 spiro atoms. The first kappa shape index (κ1) is 15.7. The van der Waals surface area contributed by atoms with Gasteiger partial charge < -0.3 is 9.80 Å². The molecule has 0 saturated carbocycles. The number of aromatic nitrogens is 1. The molecule has 1 saturated heterocycles. The molecule has 0 amide bonds. The molecular weight excluding hydrogens is 294 g/mol. The molecule has 1 aromatic carbocycles. The van der Waals surface area contributed by atoms with Crippen LogP contribution in [0, 0.1) is 5.92 Å². The van der Waals surface area contributed by atoms with Gasteiger partial charge >= 0.3 is 0 Å². The van der Waals surface area contributed by atoms with Gasteiger partial charge in [-0.2, -0.15) is 0 Å². The first-order valence-electron chi connectivity index (χ1n) is 8.03. The summed E-state index contributed by atoms with van der Waals surface area (Å²) < 4.78 is 0. The number of rotatable bonds is 4. The van der Waals surface area contributed by atoms with Crippen LogP contribution in [0.5, 0.6) is 0 Å². The number of nitrogens with zero attached hydrogens (tertiary/aromatic N) is 3. The molecule has 0 N–H and O–H groups in total. The molecular formula is C18H24ClN3. The van der Waals surface area contributed by atoms with Gasteiger partial charge in [0.05, 0.1) is 5.52 Å². The van der Waals surface area contributed by atoms with E-state index in [1.54, 1.807) is 0 Å². The highest BCUT2D eigenvalue weighted by molar-refractivity contribution is 6.30. The van der Waals surface area contributed by atoms with Gasteiger partial charge in [-0.3, -0.25) is 0 Å². The van der Waals surface area contributed by atoms with Crippen LogP contribution in [0.2, 0.25) is 5.15 Å². The van der Waals surface area contributed by atoms with E-state index in [0.717, 1.165) is 35.5 Å². The van der Waals surface area contributed by atoms with Crippen LogP contribution in [-0.2, 0) is 6.54 Å². The van der Waals surface area contributed by atoms with E-state index in [9.17, 15) is 0 Å². The van der Waals surface area contributed by atoms with Crippen LogP contribution in [0.1, 0.15) is 18.4 Å². The van der Waals surface area contributed by atoms with Gasteiger partial charge in [-0.25, -0.2) is 4.98 Å². The first-order valence-corrected chi connectivity index (χ1v) is 8.41. The highest BCUT2D eigenvalue weighted by Crippen LogP contribution is 2.22. The highest BCUT2D eigenvalue weighted by Gasteiger charge is 2.19. The fraction of sp³-hybridized carbons (Fsp3) is 0.500. The number of likely N-dealkylation sites (tertiary alicyclic amines) is 1. The number of piperidine rings is 1. The zero-order valence-electron chi connectivity index (χ0n) is 13.4. The van der Waals surface area contributed by atoms with Crippen molar-refractivity contribution in [3.8, 4) is 0 Å². The van der Waals surface area contributed by atoms with Crippen LogP contribution in [0.25, 0.3) is 10.9 Å². The van der Waals surface area contributed by atoms with E-state index in [4.69, 9.17) is 11.6 Å². The van der Waals surface area contributed by atoms with E-state index in [1.165, 1.54) is 25.9 Å². The van der Waals surface area contributed by atoms with Crippen molar-refractivity contribution >= 4 is 22.5 Å². The largest absolute Gasteiger partial charge is 0.306 e. The number of hydrogen-bond donors (Lipinski definition) is 0. The van der Waals surface area contributed by atoms with E-state index in [1.807, 2.05) is 18.2 Å². The Morgan fingerprint density at radius 3 is 3.00 bits per heavy atom. The standard InChI is InChI=1S/C18H24ClN3/c1-21-9-5-6-14(11-21)12-22(2)13-16-10-15-7-3-4-8-17(15)20-18(16)19/h3-4,7-8,10,14H,5-6,9,11-13H2,1-2H3. The topological polar surface area (TPSA) is 19.4 Å². The number of fused-ring (bicyclic) bond motifs is 1. The molecule has 1 unspecified atom stereocenters. The SMILES string of the molecule is CN1CCCC(CN(C)Cc2cc3ccccc3nc2Cl)C1. The van der Waals surface area contributed by atoms with Gasteiger partial charge in [0.2, 0.25) is 0 Å². The second-order valence-corrected chi connectivity index (χ2v) is 6.96. The van der Waals surface area contributed by atoms with E-state index in [-0.39, 0.29) is 0 Å². The van der Waals surface area contributed by atoms with Crippen molar-refractivity contribution in [1.82, 2.24) is 14.8 Å². The van der Waals surface area contributed by atoms with Crippen molar-refractivity contribution in [1.29, 1.82) is 0 Å². The number of para-hydroxylation sites is 1. The summed E-state index contributed by atoms with van der Waals surface area (Å²) in [5.74, 6) is 0.760. The minimum Gasteiger partial charge on any atom is -0.306 e. The van der Waals surface area contributed by atoms with E-state index < -0.39 is 0 Å². The second kappa shape index (κ2) is 6.95. The normalized spacial score (nSPS) is 19.9. The maximum absolute atomic E-state index is 6.37. The third-order valence-corrected chi connectivity index (χ3v) is 4.81. The molecule has 2 heterocycles. The predicted octanol–water partition coefficient (Wildman–Crippen LogP) is 3.66. The minimum atomic E-state index is 0.631. The third kappa shape index (κ3) is 3.78. The van der Waals surface area contributed by atoms with Crippen molar-refractivity contribution in [2.24, 2.45) is 5.92 Å². The first-order chi connectivity index (χ1) is 10.6. The Balaban J connectivity index is 1.68. The number of hydrogen-bond acceptors (Lipinski definition) is 3. The molecule has 1 aromatic heterocycles. The summed E-state index contributed by atoms with van der Waals surface area (Å²) >= 11 is 6.37. The van der Waals surface area contributed by atoms with Gasteiger partial charge in [-0.15, -0.1) is 0 Å². The average molecular weight is 318 g/mol. The molecule has 1 fully saturated rings. The molecule has 0 radical (unpaired) electrons. The van der Waals surface area contributed by atoms with Crippen molar-refractivity contribution in [2.45, 2.75) is 19.4 Å². The number of halogens is 1. The maximum Gasteiger partial charge on any atom is 0.134 e. The minimum absolute atomic E-state index is 0.631. The summed E-state index contributed by atoms with van der Waals surface area (Å²) in [6, 6.07) is 10.3. The second-order valence-electron chi connectivity index (χ2n) is 6.60. The Kier molecular flexibility index (Phi) is 4.97. The molecule has 2 aromatic rings. The molecule has 0 bridgehead atoms. The van der Waals surface area contributed by atoms with Crippen molar-refractivity contribution in [2.75, 3.05) is 33.7 Å². The van der Waals surface area contributed by atoms with Crippen LogP contribution in [0.4, 0.5) is 0 Å². The van der Waals surface area contributed by atoms with Gasteiger partial charge in [-0.1, -0.05) is 29.8 Å². The van der Waals surface area contributed by atoms with Crippen LogP contribution >= 0.6 is 11.6 Å². The zero-order valence-corrected chi connectivity index (χ0v) is 14.2. The Morgan fingerprint density at radius 1 is 1.36 bits per heavy atom. The molecule has 3 nitrogen and oxygen atoms in total. The van der Waals surface area contributed by atoms with E-state index in [2.05, 4.69) is 41.0 Å². The van der Waals surface area contributed by atoms with E-state index >= 15 is 0 Å². The predicted molar refractivity (Wildman–Crippen MR) is 93.3 cm³/mol. The van der Waals surface area contributed by atoms with Crippen molar-refractivity contribution < 1.29 is 0 Å². The Bertz CT molecular complexity index is 643. The smallest absolute Gasteiger partial charge is 0.134 e. The number of benzene rings is 1. The summed E-state index contributed by atoms with van der Waals surface area (Å²) in [5.41, 5.74) is 2.08. The summed E-state index contributed by atoms with van der Waals surface area (Å²) in [7, 11) is 4.40. The Hall–Kier alpha value is -1.16. The van der Waals surface area contributed by atoms with Gasteiger partial charge in [0.15, 0.2) is 0 Å². The van der Waals surface area contributed by atoms with Crippen LogP contribution in [0.3, 0.4) is 0 Å². The quantitative estimate of drug-likeness (QED) is 0.802. The lowest BCUT2D eigenvalue weighted by Gasteiger charge is -2.32. The monoisotopic (exact) mass is 317 g/mol. The lowest BCUT2D eigenvalue weighted by Crippen LogP contribution is -2.37. The van der Waals surface area contributed by atoms with E-state index in [0.29, 0.717) is 5.15 Å². The molecule has 22 heavy (non-hydrogen) atoms. The molecule has 4 heteroatoms. The zero-order chi connectivity index (χ0) is 15.5. The molecule has 0 aliphatic carbocycles. The molecule has 118 valence electrons. The van der Waals surface area contributed by atoms with Gasteiger partial charge in [0.1, 0.15) is 5.15 Å². The lowest BCUT2D eigenvalue weighted by molar-refractivity contribution is 0.163.